The molecule has 0 saturated carbocycles. The Morgan fingerprint density at radius 1 is 1.25 bits per heavy atom. The second-order valence-corrected chi connectivity index (χ2v) is 5.99. The van der Waals surface area contributed by atoms with E-state index in [1.54, 1.807) is 0 Å². The fourth-order valence-corrected chi connectivity index (χ4v) is 2.67. The normalized spacial score (nSPS) is 13.0. The zero-order valence-corrected chi connectivity index (χ0v) is 14.1. The van der Waals surface area contributed by atoms with E-state index in [9.17, 15) is 0 Å². The summed E-state index contributed by atoms with van der Waals surface area (Å²) in [6, 6.07) is 7.98. The summed E-state index contributed by atoms with van der Waals surface area (Å²) in [5, 5.41) is 7.04. The van der Waals surface area contributed by atoms with Crippen LogP contribution in [0.4, 0.5) is 23.1 Å². The van der Waals surface area contributed by atoms with E-state index in [0.717, 1.165) is 37.2 Å². The third-order valence-electron chi connectivity index (χ3n) is 3.71. The van der Waals surface area contributed by atoms with Crippen molar-refractivity contribution in [3.8, 4) is 0 Å². The molecule has 24 heavy (non-hydrogen) atoms. The Hall–Kier alpha value is -2.53. The van der Waals surface area contributed by atoms with E-state index in [4.69, 9.17) is 17.3 Å². The number of nitrogens with one attached hydrogen (secondary N) is 2. The third kappa shape index (κ3) is 4.49. The summed E-state index contributed by atoms with van der Waals surface area (Å²) in [6.07, 6.45) is 11.5. The van der Waals surface area contributed by atoms with Crippen LogP contribution in [-0.2, 0) is 0 Å². The lowest BCUT2D eigenvalue weighted by molar-refractivity contribution is 0.867. The van der Waals surface area contributed by atoms with Crippen molar-refractivity contribution in [2.75, 3.05) is 22.9 Å². The largest absolute Gasteiger partial charge is 0.385 e. The molecule has 0 amide bonds. The van der Waals surface area contributed by atoms with Crippen molar-refractivity contribution >= 4 is 34.7 Å². The first-order valence-electron chi connectivity index (χ1n) is 7.95. The first kappa shape index (κ1) is 16.3. The Morgan fingerprint density at radius 2 is 2.12 bits per heavy atom. The van der Waals surface area contributed by atoms with Gasteiger partial charge in [0.05, 0.1) is 6.20 Å². The van der Waals surface area contributed by atoms with Crippen LogP contribution in [0.1, 0.15) is 19.3 Å². The van der Waals surface area contributed by atoms with Crippen molar-refractivity contribution in [2.24, 2.45) is 0 Å². The van der Waals surface area contributed by atoms with Crippen molar-refractivity contribution in [3.63, 3.8) is 0 Å². The number of nitrogens with zero attached hydrogens (tertiary/aromatic N) is 2. The minimum absolute atomic E-state index is 0.187. The van der Waals surface area contributed by atoms with Gasteiger partial charge in [0.1, 0.15) is 5.02 Å². The fraction of sp³-hybridized carbons (Fsp3) is 0.222. The summed E-state index contributed by atoms with van der Waals surface area (Å²) in [5.74, 6) is 0.688. The topological polar surface area (TPSA) is 75.9 Å². The van der Waals surface area contributed by atoms with Gasteiger partial charge in [0.15, 0.2) is 5.82 Å². The molecule has 0 unspecified atom stereocenters. The second-order valence-electron chi connectivity index (χ2n) is 5.58. The molecule has 124 valence electrons. The van der Waals surface area contributed by atoms with E-state index in [1.807, 2.05) is 24.3 Å². The van der Waals surface area contributed by atoms with Crippen LogP contribution < -0.4 is 16.4 Å². The van der Waals surface area contributed by atoms with Crippen molar-refractivity contribution in [1.29, 1.82) is 0 Å². The zero-order valence-electron chi connectivity index (χ0n) is 13.3. The van der Waals surface area contributed by atoms with Crippen LogP contribution >= 0.6 is 11.6 Å². The summed E-state index contributed by atoms with van der Waals surface area (Å²) >= 11 is 6.08. The molecule has 1 aliphatic rings. The molecule has 0 saturated heterocycles. The maximum absolute atomic E-state index is 6.08. The van der Waals surface area contributed by atoms with Crippen molar-refractivity contribution in [3.05, 3.63) is 59.3 Å². The number of hydrogen-bond donors (Lipinski definition) is 3. The van der Waals surface area contributed by atoms with Crippen LogP contribution in [0.25, 0.3) is 0 Å². The Labute approximate surface area is 146 Å². The van der Waals surface area contributed by atoms with Gasteiger partial charge in [-0.25, -0.2) is 4.98 Å². The van der Waals surface area contributed by atoms with Crippen LogP contribution in [0.15, 0.2) is 54.3 Å². The minimum Gasteiger partial charge on any atom is -0.385 e. The van der Waals surface area contributed by atoms with Gasteiger partial charge in [0.2, 0.25) is 5.95 Å². The number of rotatable bonds is 7. The van der Waals surface area contributed by atoms with Crippen LogP contribution in [-0.4, -0.2) is 16.5 Å². The molecular weight excluding hydrogens is 322 g/mol. The molecule has 0 atom stereocenters. The number of allylic oxidation sites excluding steroid dienone is 4. The maximum atomic E-state index is 6.08. The van der Waals surface area contributed by atoms with Crippen LogP contribution in [0.5, 0.6) is 0 Å². The van der Waals surface area contributed by atoms with Crippen molar-refractivity contribution in [1.82, 2.24) is 9.97 Å². The highest BCUT2D eigenvalue weighted by atomic mass is 35.5. The smallest absolute Gasteiger partial charge is 0.222 e. The van der Waals surface area contributed by atoms with Crippen LogP contribution in [0.3, 0.4) is 0 Å². The van der Waals surface area contributed by atoms with Crippen LogP contribution in [0.2, 0.25) is 5.02 Å². The summed E-state index contributed by atoms with van der Waals surface area (Å²) in [6.45, 7) is 0.926. The van der Waals surface area contributed by atoms with Gasteiger partial charge < -0.3 is 16.4 Å². The molecule has 0 bridgehead atoms. The lowest BCUT2D eigenvalue weighted by atomic mass is 10.1. The molecule has 0 aliphatic heterocycles. The number of halogens is 1. The summed E-state index contributed by atoms with van der Waals surface area (Å²) in [7, 11) is 0. The molecule has 0 spiro atoms. The van der Waals surface area contributed by atoms with E-state index >= 15 is 0 Å². The molecule has 4 N–H and O–H groups in total. The number of nitrogens with two attached hydrogens (primary N) is 1. The predicted molar refractivity (Wildman–Crippen MR) is 101 cm³/mol. The Morgan fingerprint density at radius 3 is 2.96 bits per heavy atom. The minimum atomic E-state index is 0.187. The molecule has 1 aliphatic carbocycles. The molecular formula is C18H20ClN5. The van der Waals surface area contributed by atoms with Crippen molar-refractivity contribution in [2.45, 2.75) is 19.3 Å². The number of hydrogen-bond acceptors (Lipinski definition) is 5. The average Bonchev–Trinajstić information content (AvgIpc) is 3.09. The van der Waals surface area contributed by atoms with Crippen LogP contribution in [0, 0.1) is 0 Å². The number of nitrogen functional groups attached to an aromatic ring is 1. The summed E-state index contributed by atoms with van der Waals surface area (Å²) < 4.78 is 0. The second kappa shape index (κ2) is 7.84. The molecule has 3 rings (SSSR count). The van der Waals surface area contributed by atoms with Gasteiger partial charge >= 0.3 is 0 Å². The van der Waals surface area contributed by atoms with Gasteiger partial charge in [-0.3, -0.25) is 0 Å². The van der Waals surface area contributed by atoms with E-state index in [-0.39, 0.29) is 5.95 Å². The fourth-order valence-electron chi connectivity index (χ4n) is 2.53. The first-order valence-corrected chi connectivity index (χ1v) is 8.33. The number of benzene rings is 1. The standard InChI is InChI=1S/C18H20ClN5/c19-16-12-22-18(20)24-17(16)23-15-9-3-8-14(11-15)21-10-4-7-13-5-1-2-6-13/h1,3,5-6,8-9,11-12,21H,2,4,7,10H2,(H3,20,22,23,24). The molecule has 1 heterocycles. The number of aromatic nitrogens is 2. The van der Waals surface area contributed by atoms with Gasteiger partial charge in [0, 0.05) is 17.9 Å². The van der Waals surface area contributed by atoms with Gasteiger partial charge in [-0.2, -0.15) is 4.98 Å². The van der Waals surface area contributed by atoms with Gasteiger partial charge in [-0.1, -0.05) is 41.5 Å². The molecule has 1 aromatic carbocycles. The van der Waals surface area contributed by atoms with Gasteiger partial charge in [-0.15, -0.1) is 0 Å². The SMILES string of the molecule is Nc1ncc(Cl)c(Nc2cccc(NCCCC3=CCC=C3)c2)n1. The van der Waals surface area contributed by atoms with E-state index in [1.165, 1.54) is 11.8 Å². The Bertz CT molecular complexity index is 770. The zero-order chi connectivity index (χ0) is 16.8. The molecule has 6 heteroatoms. The molecule has 1 aromatic heterocycles. The highest BCUT2D eigenvalue weighted by Crippen LogP contribution is 2.24. The lowest BCUT2D eigenvalue weighted by Crippen LogP contribution is -2.03. The van der Waals surface area contributed by atoms with Crippen molar-refractivity contribution < 1.29 is 0 Å². The summed E-state index contributed by atoms with van der Waals surface area (Å²) in [5.41, 5.74) is 8.98. The van der Waals surface area contributed by atoms with E-state index in [2.05, 4.69) is 38.8 Å². The predicted octanol–water partition coefficient (Wildman–Crippen LogP) is 4.53. The first-order chi connectivity index (χ1) is 11.7. The molecule has 5 nitrogen and oxygen atoms in total. The quantitative estimate of drug-likeness (QED) is 0.645. The monoisotopic (exact) mass is 341 g/mol. The van der Waals surface area contributed by atoms with Gasteiger partial charge in [0.25, 0.3) is 0 Å². The Balaban J connectivity index is 1.55. The summed E-state index contributed by atoms with van der Waals surface area (Å²) in [4.78, 5) is 7.96. The van der Waals surface area contributed by atoms with Gasteiger partial charge in [-0.05, 0) is 37.5 Å². The highest BCUT2D eigenvalue weighted by molar-refractivity contribution is 6.32. The molecule has 0 radical (unpaired) electrons. The Kier molecular flexibility index (Phi) is 5.33. The lowest BCUT2D eigenvalue weighted by Gasteiger charge is -2.11. The highest BCUT2D eigenvalue weighted by Gasteiger charge is 2.05. The van der Waals surface area contributed by atoms with E-state index < -0.39 is 0 Å². The third-order valence-corrected chi connectivity index (χ3v) is 3.98. The molecule has 0 fully saturated rings. The maximum Gasteiger partial charge on any atom is 0.222 e. The number of anilines is 4. The van der Waals surface area contributed by atoms with E-state index in [0.29, 0.717) is 10.8 Å². The average molecular weight is 342 g/mol. The molecule has 2 aromatic rings.